The summed E-state index contributed by atoms with van der Waals surface area (Å²) in [4.78, 5) is 16.7. The van der Waals surface area contributed by atoms with Crippen LogP contribution < -0.4 is 14.8 Å². The van der Waals surface area contributed by atoms with Gasteiger partial charge in [0.25, 0.3) is 5.91 Å². The summed E-state index contributed by atoms with van der Waals surface area (Å²) in [6.45, 7) is 2.99. The molecule has 0 atom stereocenters. The molecule has 0 heterocycles. The second kappa shape index (κ2) is 10.8. The Morgan fingerprint density at radius 2 is 1.77 bits per heavy atom. The SMILES string of the molecule is CCOc1ccc(/C=N\OCC(=O)NCCc2ccc(OC)cc2)cc1. The summed E-state index contributed by atoms with van der Waals surface area (Å²) < 4.78 is 10.5. The van der Waals surface area contributed by atoms with Crippen LogP contribution in [0.25, 0.3) is 0 Å². The summed E-state index contributed by atoms with van der Waals surface area (Å²) in [6.07, 6.45) is 2.30. The smallest absolute Gasteiger partial charge is 0.260 e. The molecule has 2 aromatic rings. The van der Waals surface area contributed by atoms with Crippen LogP contribution in [0.2, 0.25) is 0 Å². The van der Waals surface area contributed by atoms with E-state index in [0.29, 0.717) is 13.2 Å². The number of nitrogens with zero attached hydrogens (tertiary/aromatic N) is 1. The first-order valence-electron chi connectivity index (χ1n) is 8.49. The van der Waals surface area contributed by atoms with Crippen molar-refractivity contribution in [3.8, 4) is 11.5 Å². The molecule has 0 bridgehead atoms. The number of hydrogen-bond donors (Lipinski definition) is 1. The van der Waals surface area contributed by atoms with E-state index in [0.717, 1.165) is 29.0 Å². The third-order valence-corrected chi connectivity index (χ3v) is 3.56. The summed E-state index contributed by atoms with van der Waals surface area (Å²) in [7, 11) is 1.63. The average molecular weight is 356 g/mol. The Labute approximate surface area is 153 Å². The van der Waals surface area contributed by atoms with Crippen LogP contribution in [0.15, 0.2) is 53.7 Å². The summed E-state index contributed by atoms with van der Waals surface area (Å²) in [5.41, 5.74) is 1.99. The Hall–Kier alpha value is -3.02. The van der Waals surface area contributed by atoms with Gasteiger partial charge in [-0.15, -0.1) is 0 Å². The van der Waals surface area contributed by atoms with E-state index in [-0.39, 0.29) is 12.5 Å². The third-order valence-electron chi connectivity index (χ3n) is 3.56. The van der Waals surface area contributed by atoms with Crippen LogP contribution in [-0.2, 0) is 16.1 Å². The van der Waals surface area contributed by atoms with E-state index in [1.165, 1.54) is 0 Å². The quantitative estimate of drug-likeness (QED) is 0.525. The fourth-order valence-electron chi connectivity index (χ4n) is 2.20. The Kier molecular flexibility index (Phi) is 7.99. The minimum absolute atomic E-state index is 0.115. The van der Waals surface area contributed by atoms with Gasteiger partial charge in [0.05, 0.1) is 19.9 Å². The van der Waals surface area contributed by atoms with Crippen molar-refractivity contribution >= 4 is 12.1 Å². The highest BCUT2D eigenvalue weighted by molar-refractivity contribution is 5.80. The molecule has 6 heteroatoms. The lowest BCUT2D eigenvalue weighted by atomic mass is 10.1. The Morgan fingerprint density at radius 1 is 1.08 bits per heavy atom. The lowest BCUT2D eigenvalue weighted by Gasteiger charge is -2.05. The highest BCUT2D eigenvalue weighted by Crippen LogP contribution is 2.11. The van der Waals surface area contributed by atoms with E-state index in [4.69, 9.17) is 14.3 Å². The number of methoxy groups -OCH3 is 1. The normalized spacial score (nSPS) is 10.5. The van der Waals surface area contributed by atoms with Gasteiger partial charge < -0.3 is 19.6 Å². The van der Waals surface area contributed by atoms with Crippen LogP contribution in [0.3, 0.4) is 0 Å². The van der Waals surface area contributed by atoms with Gasteiger partial charge in [-0.25, -0.2) is 0 Å². The predicted molar refractivity (Wildman–Crippen MR) is 101 cm³/mol. The van der Waals surface area contributed by atoms with Gasteiger partial charge in [0, 0.05) is 6.54 Å². The number of carbonyl (C=O) groups is 1. The zero-order valence-corrected chi connectivity index (χ0v) is 15.1. The Morgan fingerprint density at radius 3 is 2.42 bits per heavy atom. The molecule has 0 saturated carbocycles. The minimum atomic E-state index is -0.206. The van der Waals surface area contributed by atoms with Crippen molar-refractivity contribution in [3.05, 3.63) is 59.7 Å². The largest absolute Gasteiger partial charge is 0.497 e. The number of rotatable bonds is 10. The first-order chi connectivity index (χ1) is 12.7. The highest BCUT2D eigenvalue weighted by Gasteiger charge is 2.01. The van der Waals surface area contributed by atoms with Gasteiger partial charge in [-0.3, -0.25) is 4.79 Å². The van der Waals surface area contributed by atoms with Crippen molar-refractivity contribution in [1.82, 2.24) is 5.32 Å². The molecule has 0 aliphatic carbocycles. The summed E-state index contributed by atoms with van der Waals surface area (Å²) in [5, 5.41) is 6.60. The molecule has 138 valence electrons. The second-order valence-electron chi connectivity index (χ2n) is 5.46. The van der Waals surface area contributed by atoms with Crippen molar-refractivity contribution in [2.24, 2.45) is 5.16 Å². The molecule has 2 aromatic carbocycles. The molecular weight excluding hydrogens is 332 g/mol. The molecule has 0 unspecified atom stereocenters. The molecule has 1 amide bonds. The molecule has 0 fully saturated rings. The van der Waals surface area contributed by atoms with Crippen LogP contribution >= 0.6 is 0 Å². The molecule has 26 heavy (non-hydrogen) atoms. The Bertz CT molecular complexity index is 697. The number of amides is 1. The first-order valence-corrected chi connectivity index (χ1v) is 8.49. The average Bonchev–Trinajstić information content (AvgIpc) is 2.67. The zero-order chi connectivity index (χ0) is 18.6. The van der Waals surface area contributed by atoms with Crippen LogP contribution in [0.1, 0.15) is 18.1 Å². The molecule has 1 N–H and O–H groups in total. The maximum absolute atomic E-state index is 11.7. The molecule has 0 aliphatic heterocycles. The summed E-state index contributed by atoms with van der Waals surface area (Å²) in [6, 6.07) is 15.2. The van der Waals surface area contributed by atoms with Gasteiger partial charge in [-0.2, -0.15) is 0 Å². The zero-order valence-electron chi connectivity index (χ0n) is 15.1. The summed E-state index contributed by atoms with van der Waals surface area (Å²) >= 11 is 0. The Balaban J connectivity index is 1.63. The standard InChI is InChI=1S/C20H24N2O4/c1-3-25-19-10-6-17(7-11-19)14-22-26-15-20(23)21-13-12-16-4-8-18(24-2)9-5-16/h4-11,14H,3,12-13,15H2,1-2H3,(H,21,23)/b22-14-. The monoisotopic (exact) mass is 356 g/mol. The third kappa shape index (κ3) is 6.84. The van der Waals surface area contributed by atoms with Gasteiger partial charge >= 0.3 is 0 Å². The van der Waals surface area contributed by atoms with Crippen LogP contribution in [0, 0.1) is 0 Å². The highest BCUT2D eigenvalue weighted by atomic mass is 16.6. The number of carbonyl (C=O) groups excluding carboxylic acids is 1. The van der Waals surface area contributed by atoms with Gasteiger partial charge in [0.15, 0.2) is 6.61 Å². The molecule has 2 rings (SSSR count). The molecule has 0 saturated heterocycles. The van der Waals surface area contributed by atoms with E-state index in [9.17, 15) is 4.79 Å². The van der Waals surface area contributed by atoms with Crippen LogP contribution in [0.5, 0.6) is 11.5 Å². The predicted octanol–water partition coefficient (Wildman–Crippen LogP) is 2.80. The van der Waals surface area contributed by atoms with Crippen molar-refractivity contribution in [2.75, 3.05) is 26.9 Å². The van der Waals surface area contributed by atoms with E-state index in [2.05, 4.69) is 10.5 Å². The number of benzene rings is 2. The van der Waals surface area contributed by atoms with E-state index < -0.39 is 0 Å². The van der Waals surface area contributed by atoms with E-state index >= 15 is 0 Å². The molecule has 0 aliphatic rings. The number of ether oxygens (including phenoxy) is 2. The molecule has 0 aromatic heterocycles. The van der Waals surface area contributed by atoms with E-state index in [1.54, 1.807) is 13.3 Å². The van der Waals surface area contributed by atoms with Crippen molar-refractivity contribution < 1.29 is 19.1 Å². The first kappa shape index (κ1) is 19.3. The maximum Gasteiger partial charge on any atom is 0.260 e. The minimum Gasteiger partial charge on any atom is -0.497 e. The lowest BCUT2D eigenvalue weighted by molar-refractivity contribution is -0.125. The number of nitrogens with one attached hydrogen (secondary N) is 1. The van der Waals surface area contributed by atoms with Gasteiger partial charge in [-0.1, -0.05) is 17.3 Å². The summed E-state index contributed by atoms with van der Waals surface area (Å²) in [5.74, 6) is 1.42. The molecular formula is C20H24N2O4. The van der Waals surface area contributed by atoms with Gasteiger partial charge in [0.1, 0.15) is 11.5 Å². The van der Waals surface area contributed by atoms with Crippen molar-refractivity contribution in [3.63, 3.8) is 0 Å². The maximum atomic E-state index is 11.7. The van der Waals surface area contributed by atoms with Crippen molar-refractivity contribution in [2.45, 2.75) is 13.3 Å². The van der Waals surface area contributed by atoms with Crippen molar-refractivity contribution in [1.29, 1.82) is 0 Å². The molecule has 0 spiro atoms. The van der Waals surface area contributed by atoms with E-state index in [1.807, 2.05) is 55.5 Å². The fourth-order valence-corrected chi connectivity index (χ4v) is 2.20. The van der Waals surface area contributed by atoms with Crippen LogP contribution in [-0.4, -0.2) is 39.0 Å². The molecule has 0 radical (unpaired) electrons. The number of oxime groups is 1. The van der Waals surface area contributed by atoms with Crippen LogP contribution in [0.4, 0.5) is 0 Å². The second-order valence-corrected chi connectivity index (χ2v) is 5.46. The topological polar surface area (TPSA) is 69.2 Å². The van der Waals surface area contributed by atoms with Gasteiger partial charge in [-0.05, 0) is 60.9 Å². The molecule has 6 nitrogen and oxygen atoms in total. The number of hydrogen-bond acceptors (Lipinski definition) is 5. The lowest BCUT2D eigenvalue weighted by Crippen LogP contribution is -2.28. The fraction of sp³-hybridized carbons (Fsp3) is 0.300. The van der Waals surface area contributed by atoms with Gasteiger partial charge in [0.2, 0.25) is 0 Å².